The van der Waals surface area contributed by atoms with Crippen LogP contribution >= 0.6 is 0 Å². The van der Waals surface area contributed by atoms with Crippen molar-refractivity contribution in [1.82, 2.24) is 15.2 Å². The average molecular weight is 422 g/mol. The lowest BCUT2D eigenvalue weighted by Crippen LogP contribution is -2.53. The molecule has 1 N–H and O–H groups in total. The second-order valence-corrected chi connectivity index (χ2v) is 8.31. The Bertz CT molecular complexity index is 1010. The van der Waals surface area contributed by atoms with Crippen LogP contribution in [0.2, 0.25) is 0 Å². The van der Waals surface area contributed by atoms with Crippen LogP contribution in [0.1, 0.15) is 54.3 Å². The number of nitriles is 1. The molecule has 31 heavy (non-hydrogen) atoms. The zero-order valence-corrected chi connectivity index (χ0v) is 18.0. The Kier molecular flexibility index (Phi) is 5.94. The van der Waals surface area contributed by atoms with E-state index in [0.29, 0.717) is 43.4 Å². The van der Waals surface area contributed by atoms with E-state index >= 15 is 0 Å². The zero-order chi connectivity index (χ0) is 22.0. The fourth-order valence-electron chi connectivity index (χ4n) is 4.42. The number of carbonyl (C=O) groups excluding carboxylic acids is 2. The third kappa shape index (κ3) is 4.13. The van der Waals surface area contributed by atoms with Gasteiger partial charge in [-0.05, 0) is 48.4 Å². The Labute approximate surface area is 181 Å². The molecule has 1 aliphatic carbocycles. The number of piperazine rings is 1. The van der Waals surface area contributed by atoms with E-state index < -0.39 is 11.8 Å². The molecule has 1 saturated heterocycles. The maximum absolute atomic E-state index is 12.5. The van der Waals surface area contributed by atoms with Gasteiger partial charge in [0.25, 0.3) is 0 Å². The first-order chi connectivity index (χ1) is 15.0. The summed E-state index contributed by atoms with van der Waals surface area (Å²) in [5, 5.41) is 12.4. The van der Waals surface area contributed by atoms with Crippen molar-refractivity contribution in [1.29, 1.82) is 5.26 Å². The van der Waals surface area contributed by atoms with Crippen molar-refractivity contribution in [3.63, 3.8) is 0 Å². The highest BCUT2D eigenvalue weighted by molar-refractivity contribution is 6.35. The van der Waals surface area contributed by atoms with Crippen LogP contribution in [0.3, 0.4) is 0 Å². The summed E-state index contributed by atoms with van der Waals surface area (Å²) in [6.45, 7) is 6.34. The van der Waals surface area contributed by atoms with Crippen LogP contribution in [0.25, 0.3) is 0 Å². The lowest BCUT2D eigenvalue weighted by molar-refractivity contribution is -0.146. The number of rotatable bonds is 4. The van der Waals surface area contributed by atoms with E-state index in [1.807, 2.05) is 0 Å². The number of carbonyl (C=O) groups is 2. The molecular formula is C23H27N5O3. The van der Waals surface area contributed by atoms with E-state index in [0.717, 1.165) is 36.3 Å². The zero-order valence-electron chi connectivity index (χ0n) is 18.0. The van der Waals surface area contributed by atoms with E-state index in [-0.39, 0.29) is 6.54 Å². The molecule has 0 aromatic carbocycles. The van der Waals surface area contributed by atoms with Gasteiger partial charge in [-0.25, -0.2) is 4.98 Å². The maximum Gasteiger partial charge on any atom is 0.312 e. The number of nitrogens with zero attached hydrogens (tertiary/aromatic N) is 4. The molecule has 2 aromatic heterocycles. The van der Waals surface area contributed by atoms with Crippen LogP contribution in [0, 0.1) is 11.3 Å². The van der Waals surface area contributed by atoms with Crippen LogP contribution in [-0.4, -0.2) is 47.9 Å². The summed E-state index contributed by atoms with van der Waals surface area (Å²) >= 11 is 0. The Hall–Kier alpha value is -3.34. The third-order valence-corrected chi connectivity index (χ3v) is 6.00. The minimum absolute atomic E-state index is 0.181. The SMILES string of the molecule is CC(C)c1nc(N2CCN(C(=O)C(=O)NCc3ccco3)CC2)c(C#N)c2c1CCC2. The Morgan fingerprint density at radius 2 is 1.97 bits per heavy atom. The summed E-state index contributed by atoms with van der Waals surface area (Å²) in [5.41, 5.74) is 4.15. The number of pyridine rings is 1. The third-order valence-electron chi connectivity index (χ3n) is 6.00. The highest BCUT2D eigenvalue weighted by Gasteiger charge is 2.30. The molecule has 8 nitrogen and oxygen atoms in total. The molecule has 8 heteroatoms. The number of aromatic nitrogens is 1. The fraction of sp³-hybridized carbons (Fsp3) is 0.478. The van der Waals surface area contributed by atoms with Gasteiger partial charge in [-0.15, -0.1) is 0 Å². The average Bonchev–Trinajstić information content (AvgIpc) is 3.48. The normalized spacial score (nSPS) is 15.7. The fourth-order valence-corrected chi connectivity index (χ4v) is 4.42. The summed E-state index contributed by atoms with van der Waals surface area (Å²) in [5.74, 6) is 0.427. The number of hydrogen-bond donors (Lipinski definition) is 1. The second-order valence-electron chi connectivity index (χ2n) is 8.31. The van der Waals surface area contributed by atoms with Gasteiger partial charge in [0.05, 0.1) is 18.4 Å². The Balaban J connectivity index is 1.44. The number of anilines is 1. The Morgan fingerprint density at radius 3 is 2.61 bits per heavy atom. The van der Waals surface area contributed by atoms with Crippen molar-refractivity contribution in [2.45, 2.75) is 45.6 Å². The predicted octanol–water partition coefficient (Wildman–Crippen LogP) is 2.12. The molecule has 2 aliphatic rings. The second kappa shape index (κ2) is 8.80. The maximum atomic E-state index is 12.5. The van der Waals surface area contributed by atoms with Crippen molar-refractivity contribution in [3.8, 4) is 6.07 Å². The molecule has 2 amide bonds. The quantitative estimate of drug-likeness (QED) is 0.759. The molecule has 0 saturated carbocycles. The number of furan rings is 1. The molecule has 0 spiro atoms. The molecule has 162 valence electrons. The van der Waals surface area contributed by atoms with Crippen LogP contribution in [0.4, 0.5) is 5.82 Å². The first-order valence-corrected chi connectivity index (χ1v) is 10.8. The van der Waals surface area contributed by atoms with Crippen LogP contribution in [0.5, 0.6) is 0 Å². The molecular weight excluding hydrogens is 394 g/mol. The lowest BCUT2D eigenvalue weighted by Gasteiger charge is -2.36. The van der Waals surface area contributed by atoms with Gasteiger partial charge >= 0.3 is 11.8 Å². The summed E-state index contributed by atoms with van der Waals surface area (Å²) in [4.78, 5) is 33.3. The summed E-state index contributed by atoms with van der Waals surface area (Å²) in [6, 6.07) is 5.86. The smallest absolute Gasteiger partial charge is 0.312 e. The molecule has 3 heterocycles. The number of fused-ring (bicyclic) bond motifs is 1. The molecule has 2 aromatic rings. The van der Waals surface area contributed by atoms with Crippen molar-refractivity contribution in [2.24, 2.45) is 0 Å². The first-order valence-electron chi connectivity index (χ1n) is 10.8. The topological polar surface area (TPSA) is 102 Å². The lowest BCUT2D eigenvalue weighted by atomic mass is 9.97. The Morgan fingerprint density at radius 1 is 1.23 bits per heavy atom. The van der Waals surface area contributed by atoms with Gasteiger partial charge in [-0.1, -0.05) is 13.8 Å². The molecule has 0 unspecified atom stereocenters. The van der Waals surface area contributed by atoms with Gasteiger partial charge in [-0.3, -0.25) is 9.59 Å². The van der Waals surface area contributed by atoms with E-state index in [1.54, 1.807) is 17.0 Å². The highest BCUT2D eigenvalue weighted by atomic mass is 16.3. The van der Waals surface area contributed by atoms with Crippen LogP contribution < -0.4 is 10.2 Å². The van der Waals surface area contributed by atoms with Gasteiger partial charge in [0.1, 0.15) is 17.6 Å². The summed E-state index contributed by atoms with van der Waals surface area (Å²) in [6.07, 6.45) is 4.49. The minimum Gasteiger partial charge on any atom is -0.467 e. The molecule has 0 bridgehead atoms. The number of nitrogens with one attached hydrogen (secondary N) is 1. The van der Waals surface area contributed by atoms with E-state index in [2.05, 4.69) is 30.1 Å². The number of hydrogen-bond acceptors (Lipinski definition) is 6. The van der Waals surface area contributed by atoms with E-state index in [1.165, 1.54) is 11.8 Å². The van der Waals surface area contributed by atoms with E-state index in [4.69, 9.17) is 9.40 Å². The van der Waals surface area contributed by atoms with Crippen molar-refractivity contribution in [3.05, 3.63) is 46.5 Å². The molecule has 0 radical (unpaired) electrons. The van der Waals surface area contributed by atoms with Crippen LogP contribution in [-0.2, 0) is 29.0 Å². The van der Waals surface area contributed by atoms with Crippen molar-refractivity contribution >= 4 is 17.6 Å². The van der Waals surface area contributed by atoms with Gasteiger partial charge < -0.3 is 19.5 Å². The largest absolute Gasteiger partial charge is 0.467 e. The highest BCUT2D eigenvalue weighted by Crippen LogP contribution is 2.35. The summed E-state index contributed by atoms with van der Waals surface area (Å²) in [7, 11) is 0. The minimum atomic E-state index is -0.639. The number of amides is 2. The first kappa shape index (κ1) is 20.9. The monoisotopic (exact) mass is 421 g/mol. The van der Waals surface area contributed by atoms with Gasteiger partial charge in [0.2, 0.25) is 0 Å². The van der Waals surface area contributed by atoms with Crippen LogP contribution in [0.15, 0.2) is 22.8 Å². The standard InChI is InChI=1S/C23H27N5O3/c1-15(2)20-18-7-3-6-17(18)19(13-24)21(26-20)27-8-10-28(11-9-27)23(30)22(29)25-14-16-5-4-12-31-16/h4-5,12,15H,3,6-11,14H2,1-2H3,(H,25,29). The van der Waals surface area contributed by atoms with Crippen molar-refractivity contribution in [2.75, 3.05) is 31.1 Å². The molecule has 4 rings (SSSR count). The van der Waals surface area contributed by atoms with E-state index in [9.17, 15) is 14.9 Å². The summed E-state index contributed by atoms with van der Waals surface area (Å²) < 4.78 is 5.17. The molecule has 1 fully saturated rings. The van der Waals surface area contributed by atoms with Crippen molar-refractivity contribution < 1.29 is 14.0 Å². The van der Waals surface area contributed by atoms with Gasteiger partial charge in [-0.2, -0.15) is 5.26 Å². The predicted molar refractivity (Wildman–Crippen MR) is 114 cm³/mol. The van der Waals surface area contributed by atoms with Gasteiger partial charge in [0.15, 0.2) is 0 Å². The van der Waals surface area contributed by atoms with Gasteiger partial charge in [0, 0.05) is 31.9 Å². The molecule has 0 atom stereocenters. The molecule has 1 aliphatic heterocycles.